The molecule has 104 valence electrons. The van der Waals surface area contributed by atoms with Crippen LogP contribution in [0.25, 0.3) is 0 Å². The lowest BCUT2D eigenvalue weighted by molar-refractivity contribution is 1.14. The van der Waals surface area contributed by atoms with Gasteiger partial charge in [0, 0.05) is 11.4 Å². The van der Waals surface area contributed by atoms with Crippen molar-refractivity contribution in [1.29, 1.82) is 0 Å². The van der Waals surface area contributed by atoms with Gasteiger partial charge in [-0.2, -0.15) is 0 Å². The zero-order valence-corrected chi connectivity index (χ0v) is 13.0. The molecular formula is C17H20N2S. The van der Waals surface area contributed by atoms with Crippen molar-refractivity contribution < 1.29 is 0 Å². The largest absolute Gasteiger partial charge is 0.332 e. The van der Waals surface area contributed by atoms with Crippen LogP contribution >= 0.6 is 12.2 Å². The smallest absolute Gasteiger partial charge is 0.175 e. The van der Waals surface area contributed by atoms with Crippen LogP contribution in [-0.2, 0) is 6.42 Å². The van der Waals surface area contributed by atoms with Gasteiger partial charge in [-0.15, -0.1) is 0 Å². The summed E-state index contributed by atoms with van der Waals surface area (Å²) in [5.41, 5.74) is 5.80. The summed E-state index contributed by atoms with van der Waals surface area (Å²) < 4.78 is 0. The lowest BCUT2D eigenvalue weighted by Gasteiger charge is -2.14. The topological polar surface area (TPSA) is 24.1 Å². The quantitative estimate of drug-likeness (QED) is 0.801. The summed E-state index contributed by atoms with van der Waals surface area (Å²) in [7, 11) is 0. The zero-order chi connectivity index (χ0) is 14.5. The van der Waals surface area contributed by atoms with E-state index in [-0.39, 0.29) is 0 Å². The first-order valence-electron chi connectivity index (χ1n) is 6.82. The fraction of sp³-hybridized carbons (Fsp3) is 0.235. The highest BCUT2D eigenvalue weighted by molar-refractivity contribution is 7.80. The van der Waals surface area contributed by atoms with E-state index in [4.69, 9.17) is 12.2 Å². The SMILES string of the molecule is CCc1ccccc1NC(=S)Nc1cc(C)cc(C)c1. The molecule has 0 atom stereocenters. The maximum atomic E-state index is 5.39. The van der Waals surface area contributed by atoms with Crippen LogP contribution in [-0.4, -0.2) is 5.11 Å². The van der Waals surface area contributed by atoms with E-state index in [1.165, 1.54) is 16.7 Å². The molecule has 0 bridgehead atoms. The fourth-order valence-electron chi connectivity index (χ4n) is 2.28. The second kappa shape index (κ2) is 6.53. The fourth-order valence-corrected chi connectivity index (χ4v) is 2.51. The van der Waals surface area contributed by atoms with Gasteiger partial charge >= 0.3 is 0 Å². The monoisotopic (exact) mass is 284 g/mol. The Bertz CT molecular complexity index is 600. The minimum atomic E-state index is 0.621. The maximum Gasteiger partial charge on any atom is 0.175 e. The molecule has 20 heavy (non-hydrogen) atoms. The van der Waals surface area contributed by atoms with Crippen LogP contribution in [0.3, 0.4) is 0 Å². The number of rotatable bonds is 3. The molecule has 0 aliphatic carbocycles. The lowest BCUT2D eigenvalue weighted by atomic mass is 10.1. The molecule has 0 spiro atoms. The second-order valence-corrected chi connectivity index (χ2v) is 5.37. The lowest BCUT2D eigenvalue weighted by Crippen LogP contribution is -2.20. The molecule has 0 saturated heterocycles. The summed E-state index contributed by atoms with van der Waals surface area (Å²) >= 11 is 5.39. The van der Waals surface area contributed by atoms with Gasteiger partial charge in [-0.3, -0.25) is 0 Å². The summed E-state index contributed by atoms with van der Waals surface area (Å²) in [5.74, 6) is 0. The number of para-hydroxylation sites is 1. The molecule has 0 amide bonds. The van der Waals surface area contributed by atoms with E-state index in [1.807, 2.05) is 18.2 Å². The average Bonchev–Trinajstić information content (AvgIpc) is 2.37. The van der Waals surface area contributed by atoms with Gasteiger partial charge in [0.15, 0.2) is 5.11 Å². The number of hydrogen-bond acceptors (Lipinski definition) is 1. The number of aryl methyl sites for hydroxylation is 3. The molecule has 2 nitrogen and oxygen atoms in total. The van der Waals surface area contributed by atoms with Crippen LogP contribution < -0.4 is 10.6 Å². The zero-order valence-electron chi connectivity index (χ0n) is 12.2. The molecule has 2 aromatic rings. The van der Waals surface area contributed by atoms with Gasteiger partial charge in [0.05, 0.1) is 0 Å². The Morgan fingerprint density at radius 2 is 1.65 bits per heavy atom. The molecule has 3 heteroatoms. The van der Waals surface area contributed by atoms with Crippen molar-refractivity contribution in [2.24, 2.45) is 0 Å². The Hall–Kier alpha value is -1.87. The van der Waals surface area contributed by atoms with Crippen LogP contribution in [0.15, 0.2) is 42.5 Å². The van der Waals surface area contributed by atoms with E-state index >= 15 is 0 Å². The molecule has 2 N–H and O–H groups in total. The molecule has 0 saturated carbocycles. The number of thiocarbonyl (C=S) groups is 1. The molecular weight excluding hydrogens is 264 g/mol. The molecule has 0 unspecified atom stereocenters. The van der Waals surface area contributed by atoms with Gasteiger partial charge in [-0.25, -0.2) is 0 Å². The molecule has 0 aliphatic heterocycles. The van der Waals surface area contributed by atoms with Gasteiger partial charge in [0.2, 0.25) is 0 Å². The predicted octanol–water partition coefficient (Wildman–Crippen LogP) is 4.67. The summed E-state index contributed by atoms with van der Waals surface area (Å²) in [6.07, 6.45) is 0.981. The first-order valence-corrected chi connectivity index (χ1v) is 7.23. The highest BCUT2D eigenvalue weighted by atomic mass is 32.1. The third-order valence-electron chi connectivity index (χ3n) is 3.13. The molecule has 0 fully saturated rings. The number of anilines is 2. The number of nitrogens with one attached hydrogen (secondary N) is 2. The Morgan fingerprint density at radius 1 is 1.00 bits per heavy atom. The highest BCUT2D eigenvalue weighted by Gasteiger charge is 2.03. The van der Waals surface area contributed by atoms with Crippen LogP contribution in [0.2, 0.25) is 0 Å². The average molecular weight is 284 g/mol. The summed E-state index contributed by atoms with van der Waals surface area (Å²) in [5, 5.41) is 7.13. The van der Waals surface area contributed by atoms with Crippen LogP contribution in [0.5, 0.6) is 0 Å². The van der Waals surface area contributed by atoms with Crippen molar-refractivity contribution >= 4 is 28.7 Å². The molecule has 0 aliphatic rings. The second-order valence-electron chi connectivity index (χ2n) is 4.97. The molecule has 0 radical (unpaired) electrons. The number of hydrogen-bond donors (Lipinski definition) is 2. The van der Waals surface area contributed by atoms with Gasteiger partial charge in [-0.1, -0.05) is 31.2 Å². The Labute approximate surface area is 126 Å². The summed E-state index contributed by atoms with van der Waals surface area (Å²) in [4.78, 5) is 0. The standard InChI is InChI=1S/C17H20N2S/c1-4-14-7-5-6-8-16(14)19-17(20)18-15-10-12(2)9-13(3)11-15/h5-11H,4H2,1-3H3,(H2,18,19,20). The Kier molecular flexibility index (Phi) is 4.74. The molecule has 0 heterocycles. The highest BCUT2D eigenvalue weighted by Crippen LogP contribution is 2.17. The van der Waals surface area contributed by atoms with Crippen molar-refractivity contribution in [2.75, 3.05) is 10.6 Å². The maximum absolute atomic E-state index is 5.39. The normalized spacial score (nSPS) is 10.2. The van der Waals surface area contributed by atoms with E-state index in [1.54, 1.807) is 0 Å². The molecule has 2 rings (SSSR count). The van der Waals surface area contributed by atoms with E-state index < -0.39 is 0 Å². The Morgan fingerprint density at radius 3 is 2.30 bits per heavy atom. The van der Waals surface area contributed by atoms with Crippen molar-refractivity contribution in [2.45, 2.75) is 27.2 Å². The van der Waals surface area contributed by atoms with Crippen molar-refractivity contribution in [3.63, 3.8) is 0 Å². The first kappa shape index (κ1) is 14.5. The van der Waals surface area contributed by atoms with Crippen molar-refractivity contribution in [3.05, 3.63) is 59.2 Å². The number of benzene rings is 2. The third-order valence-corrected chi connectivity index (χ3v) is 3.33. The van der Waals surface area contributed by atoms with Crippen molar-refractivity contribution in [1.82, 2.24) is 0 Å². The van der Waals surface area contributed by atoms with Crippen LogP contribution in [0.1, 0.15) is 23.6 Å². The third kappa shape index (κ3) is 3.81. The van der Waals surface area contributed by atoms with E-state index in [2.05, 4.69) is 55.7 Å². The van der Waals surface area contributed by atoms with Gasteiger partial charge < -0.3 is 10.6 Å². The van der Waals surface area contributed by atoms with Gasteiger partial charge in [0.1, 0.15) is 0 Å². The predicted molar refractivity (Wildman–Crippen MR) is 91.6 cm³/mol. The molecule has 0 aromatic heterocycles. The minimum absolute atomic E-state index is 0.621. The van der Waals surface area contributed by atoms with Gasteiger partial charge in [-0.05, 0) is 67.4 Å². The summed E-state index contributed by atoms with van der Waals surface area (Å²) in [6.45, 7) is 6.31. The molecule has 2 aromatic carbocycles. The minimum Gasteiger partial charge on any atom is -0.332 e. The van der Waals surface area contributed by atoms with Crippen LogP contribution in [0.4, 0.5) is 11.4 Å². The van der Waals surface area contributed by atoms with E-state index in [9.17, 15) is 0 Å². The Balaban J connectivity index is 2.09. The first-order chi connectivity index (χ1) is 9.58. The van der Waals surface area contributed by atoms with Crippen molar-refractivity contribution in [3.8, 4) is 0 Å². The van der Waals surface area contributed by atoms with Crippen LogP contribution in [0, 0.1) is 13.8 Å². The summed E-state index contributed by atoms with van der Waals surface area (Å²) in [6, 6.07) is 14.6. The van der Waals surface area contributed by atoms with E-state index in [0.29, 0.717) is 5.11 Å². The van der Waals surface area contributed by atoms with Gasteiger partial charge in [0.25, 0.3) is 0 Å². The van der Waals surface area contributed by atoms with E-state index in [0.717, 1.165) is 17.8 Å².